The van der Waals surface area contributed by atoms with E-state index in [-0.39, 0.29) is 10.6 Å². The Bertz CT molecular complexity index is 865. The summed E-state index contributed by atoms with van der Waals surface area (Å²) in [6.07, 6.45) is 1.63. The van der Waals surface area contributed by atoms with Crippen molar-refractivity contribution in [1.29, 1.82) is 0 Å². The fourth-order valence-electron chi connectivity index (χ4n) is 2.35. The van der Waals surface area contributed by atoms with Crippen LogP contribution in [-0.2, 0) is 0 Å². The Morgan fingerprint density at radius 3 is 2.44 bits per heavy atom. The van der Waals surface area contributed by atoms with Gasteiger partial charge in [0.25, 0.3) is 5.91 Å². The van der Waals surface area contributed by atoms with Gasteiger partial charge in [0.05, 0.1) is 22.5 Å². The van der Waals surface area contributed by atoms with Crippen LogP contribution in [0.1, 0.15) is 10.4 Å². The quantitative estimate of drug-likeness (QED) is 0.724. The van der Waals surface area contributed by atoms with Crippen molar-refractivity contribution in [2.45, 2.75) is 0 Å². The van der Waals surface area contributed by atoms with Gasteiger partial charge in [0.1, 0.15) is 11.6 Å². The van der Waals surface area contributed by atoms with Gasteiger partial charge in [0, 0.05) is 12.7 Å². The van der Waals surface area contributed by atoms with Crippen LogP contribution in [0.2, 0.25) is 5.02 Å². The molecule has 126 valence electrons. The predicted octanol–water partition coefficient (Wildman–Crippen LogP) is 4.89. The third kappa shape index (κ3) is 3.78. The second-order valence-corrected chi connectivity index (χ2v) is 5.75. The molecule has 0 aliphatic heterocycles. The summed E-state index contributed by atoms with van der Waals surface area (Å²) in [5.41, 5.74) is 1.67. The molecule has 0 aliphatic rings. The maximum atomic E-state index is 13.8. The molecule has 3 aromatic rings. The molecule has 25 heavy (non-hydrogen) atoms. The molecule has 1 heterocycles. The van der Waals surface area contributed by atoms with Gasteiger partial charge in [-0.25, -0.2) is 9.37 Å². The SMILES string of the molecule is CN(c1ccccc1)c1ccc(NC(=O)c2c(F)cccc2Cl)nc1. The summed E-state index contributed by atoms with van der Waals surface area (Å²) in [6.45, 7) is 0. The lowest BCUT2D eigenvalue weighted by Gasteiger charge is -2.19. The van der Waals surface area contributed by atoms with Gasteiger partial charge in [0.2, 0.25) is 0 Å². The summed E-state index contributed by atoms with van der Waals surface area (Å²) in [4.78, 5) is 18.4. The molecule has 0 fully saturated rings. The monoisotopic (exact) mass is 355 g/mol. The molecule has 6 heteroatoms. The van der Waals surface area contributed by atoms with E-state index >= 15 is 0 Å². The molecule has 0 radical (unpaired) electrons. The number of carbonyl (C=O) groups excluding carboxylic acids is 1. The van der Waals surface area contributed by atoms with E-state index in [1.54, 1.807) is 12.3 Å². The summed E-state index contributed by atoms with van der Waals surface area (Å²) in [6, 6.07) is 17.4. The first-order valence-electron chi connectivity index (χ1n) is 7.56. The van der Waals surface area contributed by atoms with Gasteiger partial charge in [-0.2, -0.15) is 0 Å². The number of carbonyl (C=O) groups is 1. The third-order valence-corrected chi connectivity index (χ3v) is 4.03. The number of anilines is 3. The first-order chi connectivity index (χ1) is 12.1. The zero-order valence-electron chi connectivity index (χ0n) is 13.4. The number of rotatable bonds is 4. The van der Waals surface area contributed by atoms with Gasteiger partial charge in [0.15, 0.2) is 0 Å². The topological polar surface area (TPSA) is 45.2 Å². The number of halogens is 2. The van der Waals surface area contributed by atoms with Crippen molar-refractivity contribution in [2.75, 3.05) is 17.3 Å². The lowest BCUT2D eigenvalue weighted by molar-refractivity contribution is 0.102. The molecule has 0 saturated carbocycles. The molecule has 2 aromatic carbocycles. The molecule has 3 rings (SSSR count). The van der Waals surface area contributed by atoms with Gasteiger partial charge >= 0.3 is 0 Å². The number of amides is 1. The standard InChI is InChI=1S/C19H15ClFN3O/c1-24(13-6-3-2-4-7-13)14-10-11-17(22-12-14)23-19(25)18-15(20)8-5-9-16(18)21/h2-12H,1H3,(H,22,23,25). The normalized spacial score (nSPS) is 10.4. The summed E-state index contributed by atoms with van der Waals surface area (Å²) in [5, 5.41) is 2.61. The van der Waals surface area contributed by atoms with Crippen LogP contribution in [-0.4, -0.2) is 17.9 Å². The highest BCUT2D eigenvalue weighted by molar-refractivity contribution is 6.34. The average molecular weight is 356 g/mol. The Hall–Kier alpha value is -2.92. The Morgan fingerprint density at radius 1 is 1.04 bits per heavy atom. The summed E-state index contributed by atoms with van der Waals surface area (Å²) in [5.74, 6) is -1.00. The van der Waals surface area contributed by atoms with E-state index in [0.29, 0.717) is 5.82 Å². The molecule has 1 N–H and O–H groups in total. The zero-order chi connectivity index (χ0) is 17.8. The summed E-state index contributed by atoms with van der Waals surface area (Å²) < 4.78 is 13.8. The van der Waals surface area contributed by atoms with Crippen molar-refractivity contribution in [1.82, 2.24) is 4.98 Å². The van der Waals surface area contributed by atoms with Crippen LogP contribution in [0.15, 0.2) is 66.9 Å². The van der Waals surface area contributed by atoms with Gasteiger partial charge in [-0.15, -0.1) is 0 Å². The molecule has 0 spiro atoms. The van der Waals surface area contributed by atoms with Crippen molar-refractivity contribution in [3.8, 4) is 0 Å². The van der Waals surface area contributed by atoms with Crippen molar-refractivity contribution in [3.05, 3.63) is 83.3 Å². The number of hydrogen-bond donors (Lipinski definition) is 1. The van der Waals surface area contributed by atoms with Crippen molar-refractivity contribution >= 4 is 34.7 Å². The number of nitrogens with zero attached hydrogens (tertiary/aromatic N) is 2. The van der Waals surface area contributed by atoms with E-state index in [2.05, 4.69) is 10.3 Å². The highest BCUT2D eigenvalue weighted by Crippen LogP contribution is 2.24. The Morgan fingerprint density at radius 2 is 1.80 bits per heavy atom. The van der Waals surface area contributed by atoms with Crippen LogP contribution in [0, 0.1) is 5.82 Å². The van der Waals surface area contributed by atoms with Crippen LogP contribution >= 0.6 is 11.6 Å². The molecule has 1 aromatic heterocycles. The number of aromatic nitrogens is 1. The van der Waals surface area contributed by atoms with E-state index in [9.17, 15) is 9.18 Å². The summed E-state index contributed by atoms with van der Waals surface area (Å²) >= 11 is 5.90. The minimum absolute atomic E-state index is 0.0536. The molecule has 1 amide bonds. The first kappa shape index (κ1) is 16.9. The lowest BCUT2D eigenvalue weighted by Crippen LogP contribution is -2.16. The van der Waals surface area contributed by atoms with Crippen LogP contribution in [0.5, 0.6) is 0 Å². The van der Waals surface area contributed by atoms with Gasteiger partial charge < -0.3 is 10.2 Å². The van der Waals surface area contributed by atoms with E-state index in [4.69, 9.17) is 11.6 Å². The fraction of sp³-hybridized carbons (Fsp3) is 0.0526. The first-order valence-corrected chi connectivity index (χ1v) is 7.94. The van der Waals surface area contributed by atoms with Crippen LogP contribution < -0.4 is 10.2 Å². The smallest absolute Gasteiger partial charge is 0.261 e. The number of pyridine rings is 1. The van der Waals surface area contributed by atoms with E-state index in [1.165, 1.54) is 18.2 Å². The molecule has 4 nitrogen and oxygen atoms in total. The number of hydrogen-bond acceptors (Lipinski definition) is 3. The lowest BCUT2D eigenvalue weighted by atomic mass is 10.2. The maximum Gasteiger partial charge on any atom is 0.261 e. The Kier molecular flexibility index (Phi) is 4.95. The Labute approximate surface area is 149 Å². The fourth-order valence-corrected chi connectivity index (χ4v) is 2.60. The average Bonchev–Trinajstić information content (AvgIpc) is 2.62. The van der Waals surface area contributed by atoms with Crippen molar-refractivity contribution < 1.29 is 9.18 Å². The number of nitrogens with one attached hydrogen (secondary N) is 1. The highest BCUT2D eigenvalue weighted by atomic mass is 35.5. The van der Waals surface area contributed by atoms with Crippen molar-refractivity contribution in [2.24, 2.45) is 0 Å². The molecular weight excluding hydrogens is 341 g/mol. The molecule has 0 unspecified atom stereocenters. The maximum absolute atomic E-state index is 13.8. The molecule has 0 bridgehead atoms. The Balaban J connectivity index is 1.76. The second-order valence-electron chi connectivity index (χ2n) is 5.35. The van der Waals surface area contributed by atoms with E-state index < -0.39 is 11.7 Å². The largest absolute Gasteiger partial charge is 0.343 e. The predicted molar refractivity (Wildman–Crippen MR) is 98.1 cm³/mol. The number of benzene rings is 2. The minimum Gasteiger partial charge on any atom is -0.343 e. The number of para-hydroxylation sites is 1. The third-order valence-electron chi connectivity index (χ3n) is 3.71. The van der Waals surface area contributed by atoms with Gasteiger partial charge in [-0.1, -0.05) is 35.9 Å². The molecule has 0 atom stereocenters. The zero-order valence-corrected chi connectivity index (χ0v) is 14.2. The van der Waals surface area contributed by atoms with Crippen LogP contribution in [0.4, 0.5) is 21.6 Å². The summed E-state index contributed by atoms with van der Waals surface area (Å²) in [7, 11) is 1.92. The molecule has 0 aliphatic carbocycles. The molecule has 0 saturated heterocycles. The van der Waals surface area contributed by atoms with Gasteiger partial charge in [-0.3, -0.25) is 4.79 Å². The van der Waals surface area contributed by atoms with Gasteiger partial charge in [-0.05, 0) is 36.4 Å². The van der Waals surface area contributed by atoms with Crippen LogP contribution in [0.3, 0.4) is 0 Å². The second kappa shape index (κ2) is 7.32. The van der Waals surface area contributed by atoms with Crippen LogP contribution in [0.25, 0.3) is 0 Å². The highest BCUT2D eigenvalue weighted by Gasteiger charge is 2.16. The molecular formula is C19H15ClFN3O. The van der Waals surface area contributed by atoms with E-state index in [1.807, 2.05) is 48.3 Å². The minimum atomic E-state index is -0.676. The van der Waals surface area contributed by atoms with Crippen molar-refractivity contribution in [3.63, 3.8) is 0 Å². The van der Waals surface area contributed by atoms with E-state index in [0.717, 1.165) is 11.4 Å².